The van der Waals surface area contributed by atoms with Crippen molar-refractivity contribution in [2.24, 2.45) is 0 Å². The first kappa shape index (κ1) is 18.9. The Morgan fingerprint density at radius 1 is 1.07 bits per heavy atom. The van der Waals surface area contributed by atoms with Crippen molar-refractivity contribution < 1.29 is 23.5 Å². The molecule has 0 aliphatic heterocycles. The normalized spacial score (nSPS) is 11.2. The molecule has 0 atom stereocenters. The van der Waals surface area contributed by atoms with Crippen LogP contribution < -0.4 is 10.2 Å². The van der Waals surface area contributed by atoms with Crippen molar-refractivity contribution in [1.29, 1.82) is 0 Å². The number of hydrogen-bond acceptors (Lipinski definition) is 6. The Balaban J connectivity index is 2.04. The van der Waals surface area contributed by atoms with Crippen molar-refractivity contribution in [3.05, 3.63) is 65.0 Å². The maximum atomic E-state index is 12.7. The van der Waals surface area contributed by atoms with Crippen LogP contribution in [0.15, 0.2) is 59.5 Å². The third kappa shape index (κ3) is 3.95. The summed E-state index contributed by atoms with van der Waals surface area (Å²) in [7, 11) is -3.94. The van der Waals surface area contributed by atoms with Gasteiger partial charge in [-0.15, -0.1) is 11.3 Å². The van der Waals surface area contributed by atoms with Crippen LogP contribution in [-0.2, 0) is 10.0 Å². The van der Waals surface area contributed by atoms with E-state index in [0.717, 1.165) is 11.3 Å². The third-order valence-corrected chi connectivity index (χ3v) is 6.53. The molecule has 0 aliphatic rings. The van der Waals surface area contributed by atoms with Crippen LogP contribution in [0.1, 0.15) is 15.2 Å². The zero-order valence-corrected chi connectivity index (χ0v) is 15.8. The Morgan fingerprint density at radius 2 is 1.81 bits per heavy atom. The van der Waals surface area contributed by atoms with E-state index < -0.39 is 16.0 Å². The standard InChI is InChI=1S/C18H16N2O5S2/c1-11-5-2-3-8-16(11)27(24,25)20-14-10-15(26-17(14)18(21)22)12-6-4-7-13(9-12)19-23/h2-10,19-20,23H,1H3,(H,21,22). The minimum Gasteiger partial charge on any atom is -0.477 e. The highest BCUT2D eigenvalue weighted by atomic mass is 32.2. The number of sulfonamides is 1. The van der Waals surface area contributed by atoms with Gasteiger partial charge < -0.3 is 5.11 Å². The second-order valence-corrected chi connectivity index (χ2v) is 8.43. The lowest BCUT2D eigenvalue weighted by Gasteiger charge is -2.09. The lowest BCUT2D eigenvalue weighted by molar-refractivity contribution is 0.0703. The predicted octanol–water partition coefficient (Wildman–Crippen LogP) is 4.02. The number of benzene rings is 2. The molecule has 7 nitrogen and oxygen atoms in total. The highest BCUT2D eigenvalue weighted by Crippen LogP contribution is 2.37. The summed E-state index contributed by atoms with van der Waals surface area (Å²) in [4.78, 5) is 12.1. The summed E-state index contributed by atoms with van der Waals surface area (Å²) in [5.74, 6) is -1.23. The van der Waals surface area contributed by atoms with Crippen molar-refractivity contribution in [3.63, 3.8) is 0 Å². The molecule has 0 saturated carbocycles. The molecule has 0 fully saturated rings. The van der Waals surface area contributed by atoms with E-state index in [9.17, 15) is 18.3 Å². The fraction of sp³-hybridized carbons (Fsp3) is 0.0556. The Morgan fingerprint density at radius 3 is 2.48 bits per heavy atom. The van der Waals surface area contributed by atoms with Crippen molar-refractivity contribution in [3.8, 4) is 10.4 Å². The van der Waals surface area contributed by atoms with Crippen LogP contribution in [0.25, 0.3) is 10.4 Å². The number of nitrogens with one attached hydrogen (secondary N) is 2. The molecule has 3 aromatic rings. The van der Waals surface area contributed by atoms with Gasteiger partial charge in [-0.1, -0.05) is 30.3 Å². The molecular formula is C18H16N2O5S2. The third-order valence-electron chi connectivity index (χ3n) is 3.83. The topological polar surface area (TPSA) is 116 Å². The zero-order chi connectivity index (χ0) is 19.6. The summed E-state index contributed by atoms with van der Waals surface area (Å²) in [6.45, 7) is 1.67. The maximum absolute atomic E-state index is 12.7. The predicted molar refractivity (Wildman–Crippen MR) is 104 cm³/mol. The van der Waals surface area contributed by atoms with Gasteiger partial charge in [-0.05, 0) is 42.3 Å². The molecule has 140 valence electrons. The fourth-order valence-corrected chi connectivity index (χ4v) is 4.89. The van der Waals surface area contributed by atoms with E-state index in [1.54, 1.807) is 49.4 Å². The van der Waals surface area contributed by atoms with Gasteiger partial charge in [0.25, 0.3) is 10.0 Å². The van der Waals surface area contributed by atoms with Gasteiger partial charge >= 0.3 is 5.97 Å². The van der Waals surface area contributed by atoms with Crippen molar-refractivity contribution in [1.82, 2.24) is 0 Å². The number of carbonyl (C=O) groups is 1. The van der Waals surface area contributed by atoms with Crippen LogP contribution in [0.2, 0.25) is 0 Å². The minimum atomic E-state index is -3.94. The monoisotopic (exact) mass is 404 g/mol. The van der Waals surface area contributed by atoms with Crippen molar-refractivity contribution in [2.45, 2.75) is 11.8 Å². The molecule has 27 heavy (non-hydrogen) atoms. The largest absolute Gasteiger partial charge is 0.477 e. The van der Waals surface area contributed by atoms with E-state index in [-0.39, 0.29) is 15.5 Å². The number of rotatable bonds is 6. The van der Waals surface area contributed by atoms with Crippen LogP contribution in [-0.4, -0.2) is 24.7 Å². The van der Waals surface area contributed by atoms with Crippen LogP contribution in [0.4, 0.5) is 11.4 Å². The van der Waals surface area contributed by atoms with Gasteiger partial charge in [0.15, 0.2) is 0 Å². The van der Waals surface area contributed by atoms with Crippen LogP contribution in [0, 0.1) is 6.92 Å². The Hall–Kier alpha value is -2.88. The van der Waals surface area contributed by atoms with Gasteiger partial charge in [0, 0.05) is 4.88 Å². The first-order valence-corrected chi connectivity index (χ1v) is 10.1. The molecule has 0 spiro atoms. The Labute approximate surface area is 159 Å². The lowest BCUT2D eigenvalue weighted by Crippen LogP contribution is -2.15. The summed E-state index contributed by atoms with van der Waals surface area (Å²) in [6.07, 6.45) is 0. The van der Waals surface area contributed by atoms with E-state index in [1.165, 1.54) is 12.1 Å². The first-order valence-electron chi connectivity index (χ1n) is 7.78. The Kier molecular flexibility index (Phi) is 5.17. The van der Waals surface area contributed by atoms with Crippen LogP contribution in [0.3, 0.4) is 0 Å². The molecule has 0 radical (unpaired) electrons. The van der Waals surface area contributed by atoms with E-state index >= 15 is 0 Å². The van der Waals surface area contributed by atoms with Crippen LogP contribution in [0.5, 0.6) is 0 Å². The molecule has 0 saturated heterocycles. The zero-order valence-electron chi connectivity index (χ0n) is 14.1. The average Bonchev–Trinajstić information content (AvgIpc) is 3.05. The summed E-state index contributed by atoms with van der Waals surface area (Å²) in [5, 5.41) is 18.5. The highest BCUT2D eigenvalue weighted by molar-refractivity contribution is 7.92. The molecule has 9 heteroatoms. The van der Waals surface area contributed by atoms with E-state index in [0.29, 0.717) is 21.7 Å². The summed E-state index contributed by atoms with van der Waals surface area (Å²) >= 11 is 0.944. The highest BCUT2D eigenvalue weighted by Gasteiger charge is 2.23. The second kappa shape index (κ2) is 7.39. The van der Waals surface area contributed by atoms with Crippen LogP contribution >= 0.6 is 11.3 Å². The number of carboxylic acids is 1. The van der Waals surface area contributed by atoms with Gasteiger partial charge in [-0.2, -0.15) is 0 Å². The van der Waals surface area contributed by atoms with Gasteiger partial charge in [0.1, 0.15) is 4.88 Å². The quantitative estimate of drug-likeness (QED) is 0.461. The van der Waals surface area contributed by atoms with Gasteiger partial charge in [0.2, 0.25) is 0 Å². The minimum absolute atomic E-state index is 0.00638. The fourth-order valence-electron chi connectivity index (χ4n) is 2.57. The van der Waals surface area contributed by atoms with E-state index in [1.807, 2.05) is 5.48 Å². The lowest BCUT2D eigenvalue weighted by atomic mass is 10.1. The van der Waals surface area contributed by atoms with Gasteiger partial charge in [-0.3, -0.25) is 15.4 Å². The van der Waals surface area contributed by atoms with Crippen molar-refractivity contribution >= 4 is 38.7 Å². The number of aromatic carboxylic acids is 1. The molecule has 1 heterocycles. The number of thiophene rings is 1. The average molecular weight is 404 g/mol. The van der Waals surface area contributed by atoms with Crippen molar-refractivity contribution in [2.75, 3.05) is 10.2 Å². The summed E-state index contributed by atoms with van der Waals surface area (Å²) < 4.78 is 27.8. The van der Waals surface area contributed by atoms with Gasteiger partial charge in [-0.25, -0.2) is 13.2 Å². The molecule has 0 bridgehead atoms. The summed E-state index contributed by atoms with van der Waals surface area (Å²) in [6, 6.07) is 14.6. The van der Waals surface area contributed by atoms with E-state index in [4.69, 9.17) is 5.21 Å². The second-order valence-electron chi connectivity index (χ2n) is 5.72. The van der Waals surface area contributed by atoms with Gasteiger partial charge in [0.05, 0.1) is 16.3 Å². The molecule has 4 N–H and O–H groups in total. The number of carboxylic acid groups (broad SMARTS) is 1. The summed E-state index contributed by atoms with van der Waals surface area (Å²) in [5.41, 5.74) is 3.64. The molecule has 3 rings (SSSR count). The molecule has 0 aliphatic carbocycles. The number of anilines is 2. The molecule has 0 unspecified atom stereocenters. The maximum Gasteiger partial charge on any atom is 0.348 e. The number of aryl methyl sites for hydroxylation is 1. The molecule has 1 aromatic heterocycles. The first-order chi connectivity index (χ1) is 12.8. The molecular weight excluding hydrogens is 388 g/mol. The molecule has 2 aromatic carbocycles. The smallest absolute Gasteiger partial charge is 0.348 e. The Bertz CT molecular complexity index is 1110. The SMILES string of the molecule is Cc1ccccc1S(=O)(=O)Nc1cc(-c2cccc(NO)c2)sc1C(=O)O. The molecule has 0 amide bonds. The van der Waals surface area contributed by atoms with E-state index in [2.05, 4.69) is 4.72 Å². The number of hydrogen-bond donors (Lipinski definition) is 4.